The zero-order valence-electron chi connectivity index (χ0n) is 22.1. The van der Waals surface area contributed by atoms with Crippen LogP contribution >= 0.6 is 11.6 Å². The van der Waals surface area contributed by atoms with Gasteiger partial charge in [0.2, 0.25) is 5.91 Å². The molecule has 3 aliphatic rings. The molecule has 1 aliphatic carbocycles. The number of aliphatic hydroxyl groups is 1. The second-order valence-electron chi connectivity index (χ2n) is 11.2. The van der Waals surface area contributed by atoms with Crippen LogP contribution in [0.2, 0.25) is 5.02 Å². The van der Waals surface area contributed by atoms with Gasteiger partial charge in [-0.1, -0.05) is 35.9 Å². The number of hydrogen-bond acceptors (Lipinski definition) is 5. The second-order valence-corrected chi connectivity index (χ2v) is 13.6. The maximum atomic E-state index is 13.8. The molecule has 2 heterocycles. The van der Waals surface area contributed by atoms with Crippen LogP contribution in [0.4, 0.5) is 17.6 Å². The molecular weight excluding hydrogens is 586 g/mol. The van der Waals surface area contributed by atoms with Crippen LogP contribution in [-0.2, 0) is 20.4 Å². The molecule has 41 heavy (non-hydrogen) atoms. The molecule has 5 rings (SSSR count). The van der Waals surface area contributed by atoms with Crippen LogP contribution in [-0.4, -0.2) is 60.5 Å². The Morgan fingerprint density at radius 1 is 0.951 bits per heavy atom. The van der Waals surface area contributed by atoms with Gasteiger partial charge >= 0.3 is 15.5 Å². The summed E-state index contributed by atoms with van der Waals surface area (Å²) in [6, 6.07) is 11.9. The Balaban J connectivity index is 1.36. The molecule has 5 atom stereocenters. The minimum absolute atomic E-state index is 0.0948. The lowest BCUT2D eigenvalue weighted by Gasteiger charge is -2.49. The minimum atomic E-state index is -5.38. The van der Waals surface area contributed by atoms with Crippen LogP contribution in [0.5, 0.6) is 0 Å². The number of nitrogens with one attached hydrogen (secondary N) is 2. The summed E-state index contributed by atoms with van der Waals surface area (Å²) in [6.45, 7) is -0.536. The largest absolute Gasteiger partial charge is 0.511 e. The Morgan fingerprint density at radius 3 is 2.12 bits per heavy atom. The Kier molecular flexibility index (Phi) is 8.43. The number of carbonyl (C=O) groups is 1. The summed E-state index contributed by atoms with van der Waals surface area (Å²) in [5.41, 5.74) is -5.66. The molecule has 224 valence electrons. The summed E-state index contributed by atoms with van der Waals surface area (Å²) in [7, 11) is -5.38. The zero-order chi connectivity index (χ0) is 29.6. The third-order valence-electron chi connectivity index (χ3n) is 8.86. The molecule has 13 heteroatoms. The predicted octanol–water partition coefficient (Wildman–Crippen LogP) is 4.29. The van der Waals surface area contributed by atoms with E-state index in [0.717, 1.165) is 0 Å². The Hall–Kier alpha value is -2.25. The lowest BCUT2D eigenvalue weighted by atomic mass is 9.63. The first kappa shape index (κ1) is 30.2. The number of nitrogens with zero attached hydrogens (tertiary/aromatic N) is 1. The minimum Gasteiger partial charge on any atom is -0.380 e. The molecule has 2 aliphatic heterocycles. The van der Waals surface area contributed by atoms with Gasteiger partial charge in [-0.25, -0.2) is 12.8 Å². The highest BCUT2D eigenvalue weighted by Crippen LogP contribution is 2.47. The van der Waals surface area contributed by atoms with Gasteiger partial charge < -0.3 is 15.7 Å². The Bertz CT molecular complexity index is 1300. The molecule has 3 N–H and O–H groups in total. The first-order chi connectivity index (χ1) is 19.3. The average Bonchev–Trinajstić information content (AvgIpc) is 2.93. The number of hydrogen-bond donors (Lipinski definition) is 3. The first-order valence-electron chi connectivity index (χ1n) is 13.7. The van der Waals surface area contributed by atoms with E-state index in [4.69, 9.17) is 11.6 Å². The highest BCUT2D eigenvalue weighted by Gasteiger charge is 2.51. The number of sulfonamides is 1. The molecule has 5 unspecified atom stereocenters. The number of halogens is 5. The molecule has 7 nitrogen and oxygen atoms in total. The van der Waals surface area contributed by atoms with Crippen LogP contribution in [0.25, 0.3) is 0 Å². The van der Waals surface area contributed by atoms with Crippen molar-refractivity contribution in [3.05, 3.63) is 70.5 Å². The van der Waals surface area contributed by atoms with Crippen molar-refractivity contribution in [2.75, 3.05) is 13.1 Å². The summed E-state index contributed by atoms with van der Waals surface area (Å²) >= 11 is 6.12. The Labute approximate surface area is 241 Å². The van der Waals surface area contributed by atoms with Crippen LogP contribution in [0.3, 0.4) is 0 Å². The second kappa shape index (κ2) is 11.4. The number of piperidine rings is 2. The van der Waals surface area contributed by atoms with Crippen molar-refractivity contribution >= 4 is 27.5 Å². The highest BCUT2D eigenvalue weighted by molar-refractivity contribution is 7.90. The van der Waals surface area contributed by atoms with Gasteiger partial charge in [0, 0.05) is 42.7 Å². The lowest BCUT2D eigenvalue weighted by Crippen LogP contribution is -2.61. The fourth-order valence-electron chi connectivity index (χ4n) is 6.77. The van der Waals surface area contributed by atoms with E-state index in [2.05, 4.69) is 10.6 Å². The van der Waals surface area contributed by atoms with E-state index >= 15 is 0 Å². The standard InChI is InChI=1S/C28H32ClF4N3O4S/c29-20-6-1-17(2-7-20)27(38,18-3-8-21(30)9-4-18)19-5-10-24-23(15-19)25(16-26(37)35-24)34-22-11-13-36(14-12-22)41(39,40)28(31,32)33/h1-4,6-9,19,22-25,34,38H,5,10-16H2,(H,35,37). The molecule has 3 fully saturated rings. The van der Waals surface area contributed by atoms with E-state index in [0.29, 0.717) is 39.7 Å². The van der Waals surface area contributed by atoms with Gasteiger partial charge in [0.05, 0.1) is 0 Å². The van der Waals surface area contributed by atoms with Crippen molar-refractivity contribution in [3.8, 4) is 0 Å². The molecular formula is C28H32ClF4N3O4S. The smallest absolute Gasteiger partial charge is 0.380 e. The highest BCUT2D eigenvalue weighted by atomic mass is 35.5. The van der Waals surface area contributed by atoms with Crippen molar-refractivity contribution in [2.24, 2.45) is 11.8 Å². The van der Waals surface area contributed by atoms with Gasteiger partial charge in [-0.3, -0.25) is 4.79 Å². The normalized spacial score (nSPS) is 28.0. The number of amides is 1. The molecule has 2 saturated heterocycles. The van der Waals surface area contributed by atoms with Crippen molar-refractivity contribution in [2.45, 2.75) is 67.8 Å². The van der Waals surface area contributed by atoms with Gasteiger partial charge in [-0.2, -0.15) is 17.5 Å². The fraction of sp³-hybridized carbons (Fsp3) is 0.536. The van der Waals surface area contributed by atoms with E-state index in [1.807, 2.05) is 0 Å². The molecule has 0 bridgehead atoms. The monoisotopic (exact) mass is 617 g/mol. The fourth-order valence-corrected chi connectivity index (χ4v) is 7.88. The van der Waals surface area contributed by atoms with Crippen LogP contribution in [0.15, 0.2) is 48.5 Å². The number of fused-ring (bicyclic) bond motifs is 1. The van der Waals surface area contributed by atoms with Gasteiger partial charge in [-0.05, 0) is 79.3 Å². The maximum absolute atomic E-state index is 13.8. The first-order valence-corrected chi connectivity index (χ1v) is 15.5. The number of alkyl halides is 3. The summed E-state index contributed by atoms with van der Waals surface area (Å²) in [4.78, 5) is 12.6. The van der Waals surface area contributed by atoms with E-state index in [1.165, 1.54) is 12.1 Å². The van der Waals surface area contributed by atoms with E-state index < -0.39 is 26.9 Å². The lowest BCUT2D eigenvalue weighted by molar-refractivity contribution is -0.127. The molecule has 0 radical (unpaired) electrons. The summed E-state index contributed by atoms with van der Waals surface area (Å²) in [5.74, 6) is -0.953. The van der Waals surface area contributed by atoms with Crippen molar-refractivity contribution < 1.29 is 35.9 Å². The predicted molar refractivity (Wildman–Crippen MR) is 145 cm³/mol. The summed E-state index contributed by atoms with van der Waals surface area (Å²) in [6.07, 6.45) is 2.21. The van der Waals surface area contributed by atoms with Crippen LogP contribution in [0, 0.1) is 17.7 Å². The number of carbonyl (C=O) groups excluding carboxylic acids is 1. The van der Waals surface area contributed by atoms with Crippen molar-refractivity contribution in [1.29, 1.82) is 0 Å². The summed E-state index contributed by atoms with van der Waals surface area (Å²) in [5, 5.41) is 19.4. The zero-order valence-corrected chi connectivity index (χ0v) is 23.7. The van der Waals surface area contributed by atoms with Gasteiger partial charge in [-0.15, -0.1) is 0 Å². The van der Waals surface area contributed by atoms with E-state index in [9.17, 15) is 35.9 Å². The van der Waals surface area contributed by atoms with Gasteiger partial charge in [0.1, 0.15) is 11.4 Å². The van der Waals surface area contributed by atoms with E-state index in [-0.39, 0.29) is 68.2 Å². The number of rotatable bonds is 6. The molecule has 2 aromatic carbocycles. The van der Waals surface area contributed by atoms with Crippen molar-refractivity contribution in [3.63, 3.8) is 0 Å². The SMILES string of the molecule is O=C1CC(NC2CCN(S(=O)(=O)C(F)(F)F)CC2)C2CC(C(O)(c3ccc(F)cc3)c3ccc(Cl)cc3)CCC2N1. The third kappa shape index (κ3) is 5.99. The van der Waals surface area contributed by atoms with Gasteiger partial charge in [0.25, 0.3) is 0 Å². The third-order valence-corrected chi connectivity index (χ3v) is 10.7. The van der Waals surface area contributed by atoms with Crippen molar-refractivity contribution in [1.82, 2.24) is 14.9 Å². The topological polar surface area (TPSA) is 98.7 Å². The molecule has 1 saturated carbocycles. The van der Waals surface area contributed by atoms with Crippen LogP contribution < -0.4 is 10.6 Å². The van der Waals surface area contributed by atoms with Gasteiger partial charge in [0.15, 0.2) is 0 Å². The molecule has 0 aromatic heterocycles. The van der Waals surface area contributed by atoms with Crippen LogP contribution in [0.1, 0.15) is 49.7 Å². The quantitative estimate of drug-likeness (QED) is 0.420. The Morgan fingerprint density at radius 2 is 1.54 bits per heavy atom. The molecule has 0 spiro atoms. The average molecular weight is 618 g/mol. The summed E-state index contributed by atoms with van der Waals surface area (Å²) < 4.78 is 76.9. The van der Waals surface area contributed by atoms with E-state index in [1.54, 1.807) is 36.4 Å². The molecule has 2 aromatic rings. The number of benzene rings is 2. The maximum Gasteiger partial charge on any atom is 0.511 e. The molecule has 1 amide bonds.